The largest absolute Gasteiger partial charge is 0.477 e. The molecule has 0 atom stereocenters. The van der Waals surface area contributed by atoms with Crippen molar-refractivity contribution in [2.75, 3.05) is 7.11 Å². The number of halogens is 1. The summed E-state index contributed by atoms with van der Waals surface area (Å²) in [6.07, 6.45) is 0. The van der Waals surface area contributed by atoms with Crippen LogP contribution in [0, 0.1) is 0 Å². The lowest BCUT2D eigenvalue weighted by Crippen LogP contribution is -1.80. The Labute approximate surface area is 53.9 Å². The number of nitrogens with zero attached hydrogens (tertiary/aromatic N) is 2. The smallest absolute Gasteiger partial charge is 0.290 e. The number of ether oxygens (including phenoxy) is 1. The summed E-state index contributed by atoms with van der Waals surface area (Å²) in [5.74, 6) is 0.366. The lowest BCUT2D eigenvalue weighted by molar-refractivity contribution is 0.281. The average Bonchev–Trinajstić information content (AvgIpc) is 2.14. The molecule has 0 radical (unpaired) electrons. The third-order valence-corrected chi connectivity index (χ3v) is 1.10. The molecule has 1 aromatic rings. The number of aromatic nitrogens is 2. The van der Waals surface area contributed by atoms with Crippen LogP contribution in [0.25, 0.3) is 0 Å². The van der Waals surface area contributed by atoms with E-state index in [0.29, 0.717) is 10.5 Å². The lowest BCUT2D eigenvalue weighted by Gasteiger charge is -1.85. The highest BCUT2D eigenvalue weighted by atomic mass is 79.9. The summed E-state index contributed by atoms with van der Waals surface area (Å²) < 4.78 is 9.42. The molecule has 0 N–H and O–H groups in total. The maximum absolute atomic E-state index is 4.67. The van der Waals surface area contributed by atoms with E-state index in [1.165, 1.54) is 7.11 Å². The summed E-state index contributed by atoms with van der Waals surface area (Å²) in [7, 11) is 1.49. The second-order valence-corrected chi connectivity index (χ2v) is 1.82. The Morgan fingerprint density at radius 3 is 2.62 bits per heavy atom. The second kappa shape index (κ2) is 2.13. The maximum atomic E-state index is 4.67. The molecule has 8 heavy (non-hydrogen) atoms. The van der Waals surface area contributed by atoms with Crippen LogP contribution in [0.1, 0.15) is 0 Å². The van der Waals surface area contributed by atoms with Gasteiger partial charge < -0.3 is 4.74 Å². The standard InChI is InChI=1S/C3H3BrN2O2/c1-7-3-2(4)5-8-6-3/h1H3. The number of hydrogen-bond acceptors (Lipinski definition) is 4. The molecule has 44 valence electrons. The Balaban J connectivity index is 2.92. The molecule has 0 aliphatic rings. The zero-order valence-corrected chi connectivity index (χ0v) is 5.67. The molecule has 0 saturated heterocycles. The molecule has 1 rings (SSSR count). The molecular weight excluding hydrogens is 176 g/mol. The molecule has 0 aromatic carbocycles. The Kier molecular flexibility index (Phi) is 1.48. The van der Waals surface area contributed by atoms with Crippen molar-refractivity contribution in [1.82, 2.24) is 10.3 Å². The summed E-state index contributed by atoms with van der Waals surface area (Å²) in [4.78, 5) is 0. The van der Waals surface area contributed by atoms with Crippen LogP contribution in [-0.4, -0.2) is 17.4 Å². The first-order valence-electron chi connectivity index (χ1n) is 1.86. The first kappa shape index (κ1) is 5.55. The molecular formula is C3H3BrN2O2. The number of rotatable bonds is 1. The van der Waals surface area contributed by atoms with Gasteiger partial charge in [-0.2, -0.15) is 0 Å². The Hall–Kier alpha value is -0.580. The summed E-state index contributed by atoms with van der Waals surface area (Å²) in [6, 6.07) is 0. The van der Waals surface area contributed by atoms with Gasteiger partial charge in [0.2, 0.25) is 4.60 Å². The summed E-state index contributed by atoms with van der Waals surface area (Å²) >= 11 is 3.03. The van der Waals surface area contributed by atoms with Gasteiger partial charge in [-0.25, -0.2) is 4.63 Å². The van der Waals surface area contributed by atoms with Crippen LogP contribution in [0.2, 0.25) is 0 Å². The molecule has 1 aromatic heterocycles. The molecule has 0 aliphatic carbocycles. The van der Waals surface area contributed by atoms with Crippen LogP contribution in [0.4, 0.5) is 0 Å². The monoisotopic (exact) mass is 178 g/mol. The van der Waals surface area contributed by atoms with E-state index < -0.39 is 0 Å². The second-order valence-electron chi connectivity index (χ2n) is 1.06. The van der Waals surface area contributed by atoms with Crippen molar-refractivity contribution in [3.05, 3.63) is 4.60 Å². The molecule has 0 bridgehead atoms. The van der Waals surface area contributed by atoms with Gasteiger partial charge in [0.1, 0.15) is 0 Å². The molecule has 0 saturated carbocycles. The molecule has 0 unspecified atom stereocenters. The highest BCUT2D eigenvalue weighted by Gasteiger charge is 2.03. The number of methoxy groups -OCH3 is 1. The molecule has 0 aliphatic heterocycles. The first-order valence-corrected chi connectivity index (χ1v) is 2.66. The van der Waals surface area contributed by atoms with E-state index in [-0.39, 0.29) is 0 Å². The van der Waals surface area contributed by atoms with Crippen LogP contribution in [0.5, 0.6) is 5.88 Å². The van der Waals surface area contributed by atoms with E-state index in [2.05, 4.69) is 35.6 Å². The molecule has 0 fully saturated rings. The van der Waals surface area contributed by atoms with Gasteiger partial charge in [-0.05, 0) is 26.2 Å². The van der Waals surface area contributed by atoms with Crippen molar-refractivity contribution in [3.63, 3.8) is 0 Å². The fourth-order valence-electron chi connectivity index (χ4n) is 0.292. The molecule has 1 heterocycles. The maximum Gasteiger partial charge on any atom is 0.290 e. The van der Waals surface area contributed by atoms with E-state index in [1.807, 2.05) is 0 Å². The van der Waals surface area contributed by atoms with Gasteiger partial charge in [-0.15, -0.1) is 0 Å². The van der Waals surface area contributed by atoms with Crippen molar-refractivity contribution in [3.8, 4) is 5.88 Å². The van der Waals surface area contributed by atoms with Gasteiger partial charge in [0.25, 0.3) is 5.88 Å². The Morgan fingerprint density at radius 2 is 2.38 bits per heavy atom. The lowest BCUT2D eigenvalue weighted by atomic mass is 10.9. The van der Waals surface area contributed by atoms with Crippen LogP contribution in [0.15, 0.2) is 9.23 Å². The van der Waals surface area contributed by atoms with E-state index >= 15 is 0 Å². The van der Waals surface area contributed by atoms with E-state index in [0.717, 1.165) is 0 Å². The quantitative estimate of drug-likeness (QED) is 0.640. The van der Waals surface area contributed by atoms with Crippen molar-refractivity contribution in [2.45, 2.75) is 0 Å². The van der Waals surface area contributed by atoms with E-state index in [1.54, 1.807) is 0 Å². The first-order chi connectivity index (χ1) is 3.84. The van der Waals surface area contributed by atoms with Gasteiger partial charge in [-0.1, -0.05) is 0 Å². The minimum absolute atomic E-state index is 0.366. The SMILES string of the molecule is COc1nonc1Br. The molecule has 0 spiro atoms. The predicted molar refractivity (Wildman–Crippen MR) is 28.5 cm³/mol. The highest BCUT2D eigenvalue weighted by Crippen LogP contribution is 2.17. The molecule has 0 amide bonds. The Morgan fingerprint density at radius 1 is 1.62 bits per heavy atom. The zero-order valence-electron chi connectivity index (χ0n) is 4.09. The fraction of sp³-hybridized carbons (Fsp3) is 0.333. The van der Waals surface area contributed by atoms with Gasteiger partial charge in [0, 0.05) is 0 Å². The normalized spacial score (nSPS) is 9.25. The van der Waals surface area contributed by atoms with E-state index in [9.17, 15) is 0 Å². The van der Waals surface area contributed by atoms with Crippen LogP contribution < -0.4 is 4.74 Å². The predicted octanol–water partition coefficient (Wildman–Crippen LogP) is 0.841. The van der Waals surface area contributed by atoms with Crippen molar-refractivity contribution in [1.29, 1.82) is 0 Å². The Bertz CT molecular complexity index is 176. The van der Waals surface area contributed by atoms with Gasteiger partial charge in [-0.3, -0.25) is 0 Å². The zero-order chi connectivity index (χ0) is 5.98. The highest BCUT2D eigenvalue weighted by molar-refractivity contribution is 9.10. The third kappa shape index (κ3) is 0.812. The average molecular weight is 179 g/mol. The molecule has 5 heteroatoms. The van der Waals surface area contributed by atoms with Crippen molar-refractivity contribution < 1.29 is 9.37 Å². The third-order valence-electron chi connectivity index (χ3n) is 0.615. The summed E-state index contributed by atoms with van der Waals surface area (Å²) in [6.45, 7) is 0. The molecule has 4 nitrogen and oxygen atoms in total. The minimum atomic E-state index is 0.366. The fourth-order valence-corrected chi connectivity index (χ4v) is 0.591. The summed E-state index contributed by atoms with van der Waals surface area (Å²) in [5.41, 5.74) is 0. The number of hydrogen-bond donors (Lipinski definition) is 0. The van der Waals surface area contributed by atoms with Crippen LogP contribution in [0.3, 0.4) is 0 Å². The van der Waals surface area contributed by atoms with Crippen molar-refractivity contribution >= 4 is 15.9 Å². The van der Waals surface area contributed by atoms with Gasteiger partial charge in [0.15, 0.2) is 0 Å². The van der Waals surface area contributed by atoms with Crippen LogP contribution >= 0.6 is 15.9 Å². The van der Waals surface area contributed by atoms with Crippen molar-refractivity contribution in [2.24, 2.45) is 0 Å². The van der Waals surface area contributed by atoms with Gasteiger partial charge >= 0.3 is 0 Å². The van der Waals surface area contributed by atoms with E-state index in [4.69, 9.17) is 0 Å². The van der Waals surface area contributed by atoms with Crippen LogP contribution in [-0.2, 0) is 0 Å². The summed E-state index contributed by atoms with van der Waals surface area (Å²) in [5, 5.41) is 6.77. The van der Waals surface area contributed by atoms with Gasteiger partial charge in [0.05, 0.1) is 7.11 Å². The minimum Gasteiger partial charge on any atom is -0.477 e. The topological polar surface area (TPSA) is 48.2 Å².